The third-order valence-corrected chi connectivity index (χ3v) is 2.81. The van der Waals surface area contributed by atoms with Crippen molar-refractivity contribution in [3.63, 3.8) is 0 Å². The lowest BCUT2D eigenvalue weighted by atomic mass is 10.1. The molecule has 0 aromatic heterocycles. The molecule has 0 atom stereocenters. The van der Waals surface area contributed by atoms with Crippen LogP contribution in [0.3, 0.4) is 0 Å². The van der Waals surface area contributed by atoms with Gasteiger partial charge < -0.3 is 10.1 Å². The van der Waals surface area contributed by atoms with Crippen molar-refractivity contribution in [3.05, 3.63) is 59.4 Å². The van der Waals surface area contributed by atoms with Crippen molar-refractivity contribution < 1.29 is 9.13 Å². The Balaban J connectivity index is 2.00. The Hall–Kier alpha value is -3.05. The molecule has 104 valence electrons. The van der Waals surface area contributed by atoms with Crippen LogP contribution in [-0.4, -0.2) is 6.61 Å². The summed E-state index contributed by atoms with van der Waals surface area (Å²) >= 11 is 0. The van der Waals surface area contributed by atoms with Gasteiger partial charge in [0.05, 0.1) is 11.3 Å². The van der Waals surface area contributed by atoms with Crippen LogP contribution in [0.5, 0.6) is 5.75 Å². The Kier molecular flexibility index (Phi) is 4.74. The van der Waals surface area contributed by atoms with E-state index in [1.54, 1.807) is 12.1 Å². The van der Waals surface area contributed by atoms with Gasteiger partial charge in [0.15, 0.2) is 6.61 Å². The molecule has 0 radical (unpaired) electrons. The fourth-order valence-electron chi connectivity index (χ4n) is 1.78. The molecule has 0 fully saturated rings. The summed E-state index contributed by atoms with van der Waals surface area (Å²) in [6.07, 6.45) is 0. The molecule has 0 bridgehead atoms. The Bertz CT molecular complexity index is 699. The molecular formula is C16H12FN3O. The highest BCUT2D eigenvalue weighted by atomic mass is 19.1. The summed E-state index contributed by atoms with van der Waals surface area (Å²) in [6, 6.07) is 15.1. The highest BCUT2D eigenvalue weighted by Gasteiger charge is 2.03. The summed E-state index contributed by atoms with van der Waals surface area (Å²) in [5.74, 6) is 0.191. The first-order chi connectivity index (χ1) is 10.2. The zero-order chi connectivity index (χ0) is 15.1. The van der Waals surface area contributed by atoms with Gasteiger partial charge in [-0.25, -0.2) is 4.39 Å². The van der Waals surface area contributed by atoms with E-state index in [4.69, 9.17) is 15.3 Å². The van der Waals surface area contributed by atoms with Gasteiger partial charge in [0.25, 0.3) is 0 Å². The summed E-state index contributed by atoms with van der Waals surface area (Å²) in [7, 11) is 0. The maximum absolute atomic E-state index is 13.0. The minimum atomic E-state index is -0.434. The fraction of sp³-hybridized carbons (Fsp3) is 0.125. The predicted molar refractivity (Wildman–Crippen MR) is 76.0 cm³/mol. The molecule has 0 spiro atoms. The van der Waals surface area contributed by atoms with E-state index in [1.807, 2.05) is 24.3 Å². The number of ether oxygens (including phenoxy) is 1. The molecule has 0 saturated carbocycles. The Morgan fingerprint density at radius 2 is 1.86 bits per heavy atom. The van der Waals surface area contributed by atoms with Crippen LogP contribution in [0.4, 0.5) is 10.1 Å². The Labute approximate surface area is 122 Å². The molecule has 0 amide bonds. The topological polar surface area (TPSA) is 68.8 Å². The summed E-state index contributed by atoms with van der Waals surface area (Å²) in [6.45, 7) is 0.511. The van der Waals surface area contributed by atoms with Gasteiger partial charge in [-0.2, -0.15) is 10.5 Å². The van der Waals surface area contributed by atoms with E-state index in [1.165, 1.54) is 18.2 Å². The van der Waals surface area contributed by atoms with Gasteiger partial charge >= 0.3 is 0 Å². The van der Waals surface area contributed by atoms with Crippen molar-refractivity contribution in [3.8, 4) is 17.9 Å². The maximum Gasteiger partial charge on any atom is 0.174 e. The minimum absolute atomic E-state index is 0.0126. The van der Waals surface area contributed by atoms with E-state index in [0.717, 1.165) is 5.56 Å². The molecule has 2 rings (SSSR count). The normalized spacial score (nSPS) is 9.48. The molecule has 4 nitrogen and oxygen atoms in total. The Morgan fingerprint density at radius 3 is 2.52 bits per heavy atom. The lowest BCUT2D eigenvalue weighted by Gasteiger charge is -2.09. The molecule has 2 aromatic carbocycles. The van der Waals surface area contributed by atoms with Gasteiger partial charge in [0.1, 0.15) is 23.7 Å². The maximum atomic E-state index is 13.0. The fourth-order valence-corrected chi connectivity index (χ4v) is 1.78. The van der Waals surface area contributed by atoms with Gasteiger partial charge in [0, 0.05) is 6.54 Å². The van der Waals surface area contributed by atoms with Crippen LogP contribution in [0, 0.1) is 28.5 Å². The molecule has 2 aromatic rings. The van der Waals surface area contributed by atoms with Crippen LogP contribution in [0.25, 0.3) is 0 Å². The van der Waals surface area contributed by atoms with Crippen LogP contribution in [0.1, 0.15) is 11.1 Å². The minimum Gasteiger partial charge on any atom is -0.479 e. The highest BCUT2D eigenvalue weighted by molar-refractivity contribution is 5.57. The van der Waals surface area contributed by atoms with Gasteiger partial charge in [-0.05, 0) is 35.9 Å². The van der Waals surface area contributed by atoms with Gasteiger partial charge in [-0.15, -0.1) is 0 Å². The Morgan fingerprint density at radius 1 is 1.10 bits per heavy atom. The number of benzene rings is 2. The molecule has 0 aliphatic heterocycles. The van der Waals surface area contributed by atoms with Crippen LogP contribution in [0.15, 0.2) is 42.5 Å². The van der Waals surface area contributed by atoms with Crippen LogP contribution >= 0.6 is 0 Å². The van der Waals surface area contributed by atoms with E-state index < -0.39 is 5.82 Å². The van der Waals surface area contributed by atoms with Gasteiger partial charge in [0.2, 0.25) is 0 Å². The van der Waals surface area contributed by atoms with E-state index in [-0.39, 0.29) is 12.2 Å². The second-order valence-corrected chi connectivity index (χ2v) is 4.25. The lowest BCUT2D eigenvalue weighted by molar-refractivity contribution is 0.368. The zero-order valence-corrected chi connectivity index (χ0v) is 11.1. The lowest BCUT2D eigenvalue weighted by Crippen LogP contribution is -2.02. The molecule has 0 aliphatic rings. The SMILES string of the molecule is N#CCOc1ccc(CNc2ccc(F)cc2C#N)cc1. The summed E-state index contributed by atoms with van der Waals surface area (Å²) < 4.78 is 18.2. The monoisotopic (exact) mass is 281 g/mol. The molecule has 1 N–H and O–H groups in total. The third kappa shape index (κ3) is 3.95. The first-order valence-electron chi connectivity index (χ1n) is 6.25. The van der Waals surface area contributed by atoms with E-state index in [2.05, 4.69) is 5.32 Å². The van der Waals surface area contributed by atoms with Crippen LogP contribution in [0.2, 0.25) is 0 Å². The highest BCUT2D eigenvalue weighted by Crippen LogP contribution is 2.18. The zero-order valence-electron chi connectivity index (χ0n) is 11.1. The van der Waals surface area contributed by atoms with Crippen molar-refractivity contribution in [2.24, 2.45) is 0 Å². The number of anilines is 1. The molecule has 0 heterocycles. The molecule has 21 heavy (non-hydrogen) atoms. The van der Waals surface area contributed by atoms with E-state index >= 15 is 0 Å². The number of nitriles is 2. The van der Waals surface area contributed by atoms with Gasteiger partial charge in [-0.1, -0.05) is 12.1 Å². The van der Waals surface area contributed by atoms with Crippen molar-refractivity contribution >= 4 is 5.69 Å². The molecule has 0 aliphatic carbocycles. The quantitative estimate of drug-likeness (QED) is 0.913. The average molecular weight is 281 g/mol. The molecule has 0 saturated heterocycles. The standard InChI is InChI=1S/C16H12FN3O/c17-14-3-6-16(13(9-14)10-19)20-11-12-1-4-15(5-2-12)21-8-7-18/h1-6,9,20H,8,11H2. The van der Waals surface area contributed by atoms with E-state index in [9.17, 15) is 4.39 Å². The molecular weight excluding hydrogens is 269 g/mol. The second-order valence-electron chi connectivity index (χ2n) is 4.25. The molecule has 0 unspecified atom stereocenters. The number of hydrogen-bond donors (Lipinski definition) is 1. The first kappa shape index (κ1) is 14.4. The smallest absolute Gasteiger partial charge is 0.174 e. The predicted octanol–water partition coefficient (Wildman–Crippen LogP) is 3.21. The van der Waals surface area contributed by atoms with Gasteiger partial charge in [-0.3, -0.25) is 0 Å². The molecule has 5 heteroatoms. The number of nitrogens with one attached hydrogen (secondary N) is 1. The number of nitrogens with zero attached hydrogens (tertiary/aromatic N) is 2. The number of halogens is 1. The first-order valence-corrected chi connectivity index (χ1v) is 6.25. The summed E-state index contributed by atoms with van der Waals surface area (Å²) in [4.78, 5) is 0. The summed E-state index contributed by atoms with van der Waals surface area (Å²) in [5.41, 5.74) is 1.83. The summed E-state index contributed by atoms with van der Waals surface area (Å²) in [5, 5.41) is 20.5. The van der Waals surface area contributed by atoms with Crippen molar-refractivity contribution in [1.29, 1.82) is 10.5 Å². The number of rotatable bonds is 5. The third-order valence-electron chi connectivity index (χ3n) is 2.81. The van der Waals surface area contributed by atoms with Crippen molar-refractivity contribution in [2.45, 2.75) is 6.54 Å². The van der Waals surface area contributed by atoms with Crippen LogP contribution in [-0.2, 0) is 6.54 Å². The number of hydrogen-bond acceptors (Lipinski definition) is 4. The second kappa shape index (κ2) is 6.93. The van der Waals surface area contributed by atoms with E-state index in [0.29, 0.717) is 18.0 Å². The van der Waals surface area contributed by atoms with Crippen molar-refractivity contribution in [2.75, 3.05) is 11.9 Å². The largest absolute Gasteiger partial charge is 0.479 e. The van der Waals surface area contributed by atoms with Crippen molar-refractivity contribution in [1.82, 2.24) is 0 Å². The van der Waals surface area contributed by atoms with Crippen LogP contribution < -0.4 is 10.1 Å². The average Bonchev–Trinajstić information content (AvgIpc) is 2.52.